The lowest BCUT2D eigenvalue weighted by Crippen LogP contribution is -2.59. The summed E-state index contributed by atoms with van der Waals surface area (Å²) in [5.41, 5.74) is -0.496. The molecule has 1 aliphatic heterocycles. The van der Waals surface area contributed by atoms with E-state index in [-0.39, 0.29) is 11.9 Å². The predicted octanol–water partition coefficient (Wildman–Crippen LogP) is 1.91. The summed E-state index contributed by atoms with van der Waals surface area (Å²) in [5, 5.41) is 15.5. The van der Waals surface area contributed by atoms with Gasteiger partial charge in [-0.3, -0.25) is 4.79 Å². The van der Waals surface area contributed by atoms with Crippen molar-refractivity contribution in [2.45, 2.75) is 77.4 Å². The van der Waals surface area contributed by atoms with E-state index in [1.807, 2.05) is 20.8 Å². The lowest BCUT2D eigenvalue weighted by molar-refractivity contribution is -0.145. The minimum atomic E-state index is -0.970. The Bertz CT molecular complexity index is 403. The maximum absolute atomic E-state index is 12.4. The molecule has 21 heavy (non-hydrogen) atoms. The second-order valence-corrected chi connectivity index (χ2v) is 7.59. The van der Waals surface area contributed by atoms with E-state index in [2.05, 4.69) is 10.6 Å². The van der Waals surface area contributed by atoms with Crippen LogP contribution in [0.25, 0.3) is 0 Å². The van der Waals surface area contributed by atoms with Crippen LogP contribution < -0.4 is 10.6 Å². The van der Waals surface area contributed by atoms with Crippen LogP contribution in [-0.2, 0) is 9.59 Å². The molecule has 4 atom stereocenters. The molecule has 2 fully saturated rings. The third-order valence-electron chi connectivity index (χ3n) is 4.87. The van der Waals surface area contributed by atoms with E-state index in [1.165, 1.54) is 19.3 Å². The van der Waals surface area contributed by atoms with Crippen molar-refractivity contribution in [3.05, 3.63) is 0 Å². The highest BCUT2D eigenvalue weighted by Crippen LogP contribution is 2.32. The summed E-state index contributed by atoms with van der Waals surface area (Å²) in [4.78, 5) is 23.8. The van der Waals surface area contributed by atoms with Crippen LogP contribution in [0.3, 0.4) is 0 Å². The molecular weight excluding hydrogens is 268 g/mol. The summed E-state index contributed by atoms with van der Waals surface area (Å²) in [6, 6.07) is -0.661. The molecule has 120 valence electrons. The molecule has 3 N–H and O–H groups in total. The van der Waals surface area contributed by atoms with Crippen molar-refractivity contribution in [1.82, 2.24) is 10.6 Å². The highest BCUT2D eigenvalue weighted by molar-refractivity contribution is 5.87. The normalized spacial score (nSPS) is 31.1. The number of carboxylic acid groups (broad SMARTS) is 1. The van der Waals surface area contributed by atoms with Crippen LogP contribution in [0.2, 0.25) is 0 Å². The molecule has 1 amide bonds. The molecule has 5 nitrogen and oxygen atoms in total. The second-order valence-electron chi connectivity index (χ2n) is 7.59. The van der Waals surface area contributed by atoms with Crippen LogP contribution in [0.5, 0.6) is 0 Å². The zero-order valence-corrected chi connectivity index (χ0v) is 13.3. The van der Waals surface area contributed by atoms with Crippen molar-refractivity contribution in [3.63, 3.8) is 0 Å². The highest BCUT2D eigenvalue weighted by atomic mass is 16.4. The Labute approximate surface area is 126 Å². The molecule has 1 heterocycles. The molecule has 5 heteroatoms. The number of hydrogen-bond donors (Lipinski definition) is 3. The minimum Gasteiger partial charge on any atom is -0.480 e. The number of carboxylic acids is 1. The van der Waals surface area contributed by atoms with Crippen molar-refractivity contribution < 1.29 is 14.7 Å². The average Bonchev–Trinajstić information content (AvgIpc) is 2.42. The Kier molecular flexibility index (Phi) is 4.91. The lowest BCUT2D eigenvalue weighted by atomic mass is 9.77. The van der Waals surface area contributed by atoms with Crippen molar-refractivity contribution in [1.29, 1.82) is 0 Å². The van der Waals surface area contributed by atoms with Gasteiger partial charge in [-0.1, -0.05) is 33.6 Å². The fraction of sp³-hybridized carbons (Fsp3) is 0.875. The van der Waals surface area contributed by atoms with Crippen molar-refractivity contribution >= 4 is 11.9 Å². The van der Waals surface area contributed by atoms with Gasteiger partial charge in [-0.2, -0.15) is 0 Å². The number of fused-ring (bicyclic) bond motifs is 1. The van der Waals surface area contributed by atoms with Gasteiger partial charge < -0.3 is 15.7 Å². The highest BCUT2D eigenvalue weighted by Gasteiger charge is 2.38. The Balaban J connectivity index is 1.95. The van der Waals surface area contributed by atoms with Gasteiger partial charge in [-0.25, -0.2) is 4.79 Å². The van der Waals surface area contributed by atoms with Gasteiger partial charge in [-0.05, 0) is 37.0 Å². The molecule has 0 aromatic rings. The van der Waals surface area contributed by atoms with E-state index in [9.17, 15) is 14.7 Å². The van der Waals surface area contributed by atoms with E-state index in [0.29, 0.717) is 12.0 Å². The van der Waals surface area contributed by atoms with Gasteiger partial charge in [-0.15, -0.1) is 0 Å². The lowest BCUT2D eigenvalue weighted by Gasteiger charge is -2.40. The average molecular weight is 296 g/mol. The molecule has 2 rings (SSSR count). The number of aliphatic carboxylic acids is 1. The van der Waals surface area contributed by atoms with Gasteiger partial charge in [0.2, 0.25) is 5.91 Å². The van der Waals surface area contributed by atoms with Gasteiger partial charge in [0.1, 0.15) is 6.04 Å². The first-order valence-corrected chi connectivity index (χ1v) is 8.08. The smallest absolute Gasteiger partial charge is 0.326 e. The number of rotatable bonds is 3. The summed E-state index contributed by atoms with van der Waals surface area (Å²) in [7, 11) is 0. The Morgan fingerprint density at radius 2 is 1.81 bits per heavy atom. The summed E-state index contributed by atoms with van der Waals surface area (Å²) >= 11 is 0. The molecule has 0 radical (unpaired) electrons. The quantitative estimate of drug-likeness (QED) is 0.743. The fourth-order valence-corrected chi connectivity index (χ4v) is 3.59. The summed E-state index contributed by atoms with van der Waals surface area (Å²) in [6.07, 6.45) is 6.79. The van der Waals surface area contributed by atoms with Crippen molar-refractivity contribution in [2.75, 3.05) is 0 Å². The van der Waals surface area contributed by atoms with E-state index in [4.69, 9.17) is 0 Å². The molecular formula is C16H28N2O3. The first kappa shape index (κ1) is 16.3. The molecule has 0 spiro atoms. The number of piperidine rings is 1. The van der Waals surface area contributed by atoms with Crippen LogP contribution in [-0.4, -0.2) is 35.1 Å². The van der Waals surface area contributed by atoms with E-state index < -0.39 is 17.4 Å². The third-order valence-corrected chi connectivity index (χ3v) is 4.87. The zero-order chi connectivity index (χ0) is 15.6. The number of nitrogens with one attached hydrogen (secondary N) is 2. The summed E-state index contributed by atoms with van der Waals surface area (Å²) in [6.45, 7) is 5.49. The van der Waals surface area contributed by atoms with Gasteiger partial charge in [0.25, 0.3) is 0 Å². The number of carbonyl (C=O) groups is 2. The first-order valence-electron chi connectivity index (χ1n) is 8.08. The topological polar surface area (TPSA) is 78.4 Å². The Morgan fingerprint density at radius 3 is 2.43 bits per heavy atom. The van der Waals surface area contributed by atoms with Gasteiger partial charge in [0, 0.05) is 6.04 Å². The van der Waals surface area contributed by atoms with Crippen LogP contribution in [0.4, 0.5) is 0 Å². The monoisotopic (exact) mass is 296 g/mol. The molecule has 1 saturated carbocycles. The van der Waals surface area contributed by atoms with E-state index in [1.54, 1.807) is 0 Å². The SMILES string of the molecule is CC(C)(C)[C@@H](NC(=O)C1CCC2CCCCC2N1)C(=O)O. The van der Waals surface area contributed by atoms with Crippen LogP contribution in [0, 0.1) is 11.3 Å². The third kappa shape index (κ3) is 3.96. The molecule has 1 saturated heterocycles. The molecule has 3 unspecified atom stereocenters. The maximum Gasteiger partial charge on any atom is 0.326 e. The van der Waals surface area contributed by atoms with E-state index >= 15 is 0 Å². The Hall–Kier alpha value is -1.10. The van der Waals surface area contributed by atoms with Crippen LogP contribution in [0.1, 0.15) is 59.3 Å². The zero-order valence-electron chi connectivity index (χ0n) is 13.3. The van der Waals surface area contributed by atoms with Gasteiger partial charge in [0.15, 0.2) is 0 Å². The maximum atomic E-state index is 12.4. The predicted molar refractivity (Wildman–Crippen MR) is 80.9 cm³/mol. The standard InChI is InChI=1S/C16H28N2O3/c1-16(2,3)13(15(20)21)18-14(19)12-9-8-10-6-4-5-7-11(10)17-12/h10-13,17H,4-9H2,1-3H3,(H,18,19)(H,20,21)/t10?,11?,12?,13-/m0/s1. The minimum absolute atomic E-state index is 0.165. The van der Waals surface area contributed by atoms with Crippen molar-refractivity contribution in [2.24, 2.45) is 11.3 Å². The number of carbonyl (C=O) groups excluding carboxylic acids is 1. The molecule has 2 aliphatic rings. The molecule has 0 aromatic heterocycles. The summed E-state index contributed by atoms with van der Waals surface area (Å²) < 4.78 is 0. The van der Waals surface area contributed by atoms with Crippen LogP contribution >= 0.6 is 0 Å². The molecule has 0 aromatic carbocycles. The van der Waals surface area contributed by atoms with E-state index in [0.717, 1.165) is 19.3 Å². The van der Waals surface area contributed by atoms with Gasteiger partial charge in [0.05, 0.1) is 6.04 Å². The molecule has 1 aliphatic carbocycles. The summed E-state index contributed by atoms with van der Waals surface area (Å²) in [5.74, 6) is -0.441. The molecule has 0 bridgehead atoms. The van der Waals surface area contributed by atoms with Gasteiger partial charge >= 0.3 is 5.97 Å². The number of amides is 1. The van der Waals surface area contributed by atoms with Crippen LogP contribution in [0.15, 0.2) is 0 Å². The number of hydrogen-bond acceptors (Lipinski definition) is 3. The fourth-order valence-electron chi connectivity index (χ4n) is 3.59. The second kappa shape index (κ2) is 6.34. The Morgan fingerprint density at radius 1 is 1.14 bits per heavy atom. The largest absolute Gasteiger partial charge is 0.480 e. The van der Waals surface area contributed by atoms with Crippen molar-refractivity contribution in [3.8, 4) is 0 Å². The first-order chi connectivity index (χ1) is 9.79.